The number of carbonyl (C=O) groups is 1. The molecule has 0 radical (unpaired) electrons. The molecule has 0 heterocycles. The Balaban J connectivity index is 2.11. The second-order valence-corrected chi connectivity index (χ2v) is 4.70. The molecular formula is C13H19BrN2O2. The van der Waals surface area contributed by atoms with Gasteiger partial charge < -0.3 is 15.4 Å². The van der Waals surface area contributed by atoms with Gasteiger partial charge in [-0.05, 0) is 31.0 Å². The monoisotopic (exact) mass is 314 g/mol. The maximum atomic E-state index is 11.4. The topological polar surface area (TPSA) is 50.4 Å². The molecule has 100 valence electrons. The Kier molecular flexibility index (Phi) is 7.44. The second kappa shape index (κ2) is 8.94. The molecule has 1 aromatic rings. The first-order chi connectivity index (χ1) is 8.72. The van der Waals surface area contributed by atoms with Crippen LogP contribution in [0.15, 0.2) is 28.7 Å². The van der Waals surface area contributed by atoms with Crippen molar-refractivity contribution in [1.29, 1.82) is 0 Å². The lowest BCUT2D eigenvalue weighted by Crippen LogP contribution is -2.35. The molecule has 2 amide bonds. The van der Waals surface area contributed by atoms with Gasteiger partial charge in [-0.1, -0.05) is 28.1 Å². The first kappa shape index (κ1) is 15.0. The Hall–Kier alpha value is -1.07. The number of benzene rings is 1. The quantitative estimate of drug-likeness (QED) is 0.760. The zero-order valence-electron chi connectivity index (χ0n) is 10.5. The summed E-state index contributed by atoms with van der Waals surface area (Å²) in [7, 11) is 0. The lowest BCUT2D eigenvalue weighted by atomic mass is 10.2. The molecule has 5 heteroatoms. The van der Waals surface area contributed by atoms with Crippen molar-refractivity contribution in [2.75, 3.05) is 19.8 Å². The highest BCUT2D eigenvalue weighted by molar-refractivity contribution is 9.10. The molecule has 0 saturated carbocycles. The minimum absolute atomic E-state index is 0.144. The van der Waals surface area contributed by atoms with Gasteiger partial charge in [0.05, 0.1) is 0 Å². The first-order valence-electron chi connectivity index (χ1n) is 6.06. The molecule has 0 saturated heterocycles. The van der Waals surface area contributed by atoms with Crippen LogP contribution in [0, 0.1) is 0 Å². The van der Waals surface area contributed by atoms with E-state index in [2.05, 4.69) is 26.6 Å². The summed E-state index contributed by atoms with van der Waals surface area (Å²) in [4.78, 5) is 11.4. The van der Waals surface area contributed by atoms with Crippen molar-refractivity contribution >= 4 is 22.0 Å². The van der Waals surface area contributed by atoms with Crippen molar-refractivity contribution in [3.05, 3.63) is 34.3 Å². The molecule has 0 aliphatic rings. The van der Waals surface area contributed by atoms with Crippen molar-refractivity contribution in [1.82, 2.24) is 10.6 Å². The van der Waals surface area contributed by atoms with E-state index in [1.54, 1.807) is 0 Å². The van der Waals surface area contributed by atoms with E-state index in [4.69, 9.17) is 4.74 Å². The van der Waals surface area contributed by atoms with Gasteiger partial charge in [-0.3, -0.25) is 0 Å². The molecule has 0 spiro atoms. The molecule has 0 bridgehead atoms. The molecule has 0 fully saturated rings. The number of urea groups is 1. The normalized spacial score (nSPS) is 10.1. The van der Waals surface area contributed by atoms with Crippen molar-refractivity contribution in [2.45, 2.75) is 19.9 Å². The lowest BCUT2D eigenvalue weighted by molar-refractivity contribution is 0.145. The minimum atomic E-state index is -0.144. The number of halogens is 1. The molecule has 1 aromatic carbocycles. The largest absolute Gasteiger partial charge is 0.382 e. The average Bonchev–Trinajstić information content (AvgIpc) is 2.38. The highest BCUT2D eigenvalue weighted by atomic mass is 79.9. The van der Waals surface area contributed by atoms with Gasteiger partial charge in [0.2, 0.25) is 0 Å². The first-order valence-corrected chi connectivity index (χ1v) is 6.85. The average molecular weight is 315 g/mol. The van der Waals surface area contributed by atoms with Crippen LogP contribution in [0.2, 0.25) is 0 Å². The smallest absolute Gasteiger partial charge is 0.315 e. The summed E-state index contributed by atoms with van der Waals surface area (Å²) in [6.45, 7) is 4.52. The van der Waals surface area contributed by atoms with Gasteiger partial charge >= 0.3 is 6.03 Å². The van der Waals surface area contributed by atoms with Gasteiger partial charge in [-0.25, -0.2) is 4.79 Å². The van der Waals surface area contributed by atoms with Gasteiger partial charge in [-0.2, -0.15) is 0 Å². The molecule has 4 nitrogen and oxygen atoms in total. The predicted octanol–water partition coefficient (Wildman–Crippen LogP) is 2.67. The summed E-state index contributed by atoms with van der Waals surface area (Å²) in [5.41, 5.74) is 1.07. The van der Waals surface area contributed by atoms with Crippen molar-refractivity contribution in [3.63, 3.8) is 0 Å². The molecule has 0 atom stereocenters. The fraction of sp³-hybridized carbons (Fsp3) is 0.462. The number of nitrogens with one attached hydrogen (secondary N) is 2. The van der Waals surface area contributed by atoms with Gasteiger partial charge in [0.1, 0.15) is 0 Å². The summed E-state index contributed by atoms with van der Waals surface area (Å²) in [6.07, 6.45) is 0.833. The standard InChI is InChI=1S/C13H19BrN2O2/c1-2-18-9-3-8-15-13(17)16-10-11-4-6-12(14)7-5-11/h4-7H,2-3,8-10H2,1H3,(H2,15,16,17). The van der Waals surface area contributed by atoms with Gasteiger partial charge in [-0.15, -0.1) is 0 Å². The van der Waals surface area contributed by atoms with Crippen molar-refractivity contribution < 1.29 is 9.53 Å². The van der Waals surface area contributed by atoms with E-state index < -0.39 is 0 Å². The number of hydrogen-bond donors (Lipinski definition) is 2. The van der Waals surface area contributed by atoms with E-state index in [0.29, 0.717) is 19.7 Å². The van der Waals surface area contributed by atoms with Crippen LogP contribution < -0.4 is 10.6 Å². The Morgan fingerprint density at radius 1 is 1.28 bits per heavy atom. The molecule has 0 aromatic heterocycles. The zero-order chi connectivity index (χ0) is 13.2. The molecule has 0 aliphatic heterocycles. The number of ether oxygens (including phenoxy) is 1. The summed E-state index contributed by atoms with van der Waals surface area (Å²) in [5.74, 6) is 0. The molecule has 0 unspecified atom stereocenters. The number of carbonyl (C=O) groups excluding carboxylic acids is 1. The van der Waals surface area contributed by atoms with E-state index in [9.17, 15) is 4.79 Å². The van der Waals surface area contributed by atoms with E-state index >= 15 is 0 Å². The minimum Gasteiger partial charge on any atom is -0.382 e. The highest BCUT2D eigenvalue weighted by Gasteiger charge is 1.99. The Morgan fingerprint density at radius 2 is 2.00 bits per heavy atom. The van der Waals surface area contributed by atoms with Crippen LogP contribution in [0.3, 0.4) is 0 Å². The van der Waals surface area contributed by atoms with E-state index in [1.807, 2.05) is 31.2 Å². The molecular weight excluding hydrogens is 296 g/mol. The maximum Gasteiger partial charge on any atom is 0.315 e. The van der Waals surface area contributed by atoms with Crippen LogP contribution in [0.25, 0.3) is 0 Å². The van der Waals surface area contributed by atoms with Gasteiger partial charge in [0.25, 0.3) is 0 Å². The van der Waals surface area contributed by atoms with Crippen LogP contribution in [0.4, 0.5) is 4.79 Å². The third-order valence-electron chi connectivity index (χ3n) is 2.32. The van der Waals surface area contributed by atoms with Crippen LogP contribution in [0.5, 0.6) is 0 Å². The number of amides is 2. The number of hydrogen-bond acceptors (Lipinski definition) is 2. The van der Waals surface area contributed by atoms with Crippen molar-refractivity contribution in [3.8, 4) is 0 Å². The SMILES string of the molecule is CCOCCCNC(=O)NCc1ccc(Br)cc1. The summed E-state index contributed by atoms with van der Waals surface area (Å²) in [6, 6.07) is 7.71. The predicted molar refractivity (Wildman–Crippen MR) is 75.5 cm³/mol. The third kappa shape index (κ3) is 6.61. The Labute approximate surface area is 116 Å². The van der Waals surface area contributed by atoms with E-state index in [-0.39, 0.29) is 6.03 Å². The molecule has 2 N–H and O–H groups in total. The van der Waals surface area contributed by atoms with Crippen molar-refractivity contribution in [2.24, 2.45) is 0 Å². The lowest BCUT2D eigenvalue weighted by Gasteiger charge is -2.07. The number of rotatable bonds is 7. The van der Waals surface area contributed by atoms with Gasteiger partial charge in [0.15, 0.2) is 0 Å². The molecule has 1 rings (SSSR count). The summed E-state index contributed by atoms with van der Waals surface area (Å²) < 4.78 is 6.21. The maximum absolute atomic E-state index is 11.4. The van der Waals surface area contributed by atoms with Crippen LogP contribution >= 0.6 is 15.9 Å². The van der Waals surface area contributed by atoms with E-state index in [1.165, 1.54) is 0 Å². The Bertz CT molecular complexity index is 355. The van der Waals surface area contributed by atoms with Crippen LogP contribution in [-0.2, 0) is 11.3 Å². The van der Waals surface area contributed by atoms with Gasteiger partial charge in [0, 0.05) is 30.8 Å². The second-order valence-electron chi connectivity index (χ2n) is 3.79. The van der Waals surface area contributed by atoms with Crippen LogP contribution in [0.1, 0.15) is 18.9 Å². The Morgan fingerprint density at radius 3 is 2.67 bits per heavy atom. The molecule has 0 aliphatic carbocycles. The summed E-state index contributed by atoms with van der Waals surface area (Å²) in [5, 5.41) is 5.59. The highest BCUT2D eigenvalue weighted by Crippen LogP contribution is 2.09. The summed E-state index contributed by atoms with van der Waals surface area (Å²) >= 11 is 3.37. The zero-order valence-corrected chi connectivity index (χ0v) is 12.1. The van der Waals surface area contributed by atoms with Crippen LogP contribution in [-0.4, -0.2) is 25.8 Å². The fourth-order valence-corrected chi connectivity index (χ4v) is 1.63. The molecule has 18 heavy (non-hydrogen) atoms. The fourth-order valence-electron chi connectivity index (χ4n) is 1.37. The van der Waals surface area contributed by atoms with E-state index in [0.717, 1.165) is 23.1 Å². The third-order valence-corrected chi connectivity index (χ3v) is 2.85.